The van der Waals surface area contributed by atoms with Crippen molar-refractivity contribution in [2.45, 2.75) is 118 Å². The average molecular weight is 641 g/mol. The number of rotatable bonds is 6. The lowest BCUT2D eigenvalue weighted by Gasteiger charge is -2.73. The van der Waals surface area contributed by atoms with Gasteiger partial charge in [0, 0.05) is 43.9 Å². The van der Waals surface area contributed by atoms with E-state index < -0.39 is 0 Å². The van der Waals surface area contributed by atoms with Gasteiger partial charge in [-0.3, -0.25) is 0 Å². The number of carbonyl (C=O) groups excluding carboxylic acids is 1. The summed E-state index contributed by atoms with van der Waals surface area (Å²) in [5.41, 5.74) is 3.34. The van der Waals surface area contributed by atoms with E-state index in [0.29, 0.717) is 41.6 Å². The van der Waals surface area contributed by atoms with E-state index in [2.05, 4.69) is 53.0 Å². The van der Waals surface area contributed by atoms with E-state index in [-0.39, 0.29) is 52.7 Å². The first-order valence-corrected chi connectivity index (χ1v) is 17.8. The Morgan fingerprint density at radius 2 is 1.62 bits per heavy atom. The van der Waals surface area contributed by atoms with Crippen LogP contribution in [-0.2, 0) is 16.1 Å². The number of aromatic nitrogens is 1. The number of hydrogen-bond acceptors (Lipinski definition) is 4. The van der Waals surface area contributed by atoms with Crippen molar-refractivity contribution in [3.05, 3.63) is 36.7 Å². The maximum absolute atomic E-state index is 13.2. The maximum Gasteiger partial charge on any atom is 0.372 e. The molecular formula is C39H61ClN2O3. The predicted molar refractivity (Wildman–Crippen MR) is 177 cm³/mol. The Hall–Kier alpha value is -1.59. The molecule has 5 aliphatic rings. The van der Waals surface area contributed by atoms with E-state index >= 15 is 0 Å². The zero-order valence-electron chi connectivity index (χ0n) is 29.5. The lowest BCUT2D eigenvalue weighted by molar-refractivity contribution is -0.686. The number of allylic oxidation sites excluding steroid dienone is 1. The SMILES string of the molecule is C=C(C)[C@@H]1CC[C@]2(CO)CC[C@]3(C)C(CCC4[C@@]5(C)CC[C@H](OC(=O)C[n+]6ccc(N(C)C)cc6)C(C)(C)C5CC[C@]43C)C12.[Cl-]. The first-order chi connectivity index (χ1) is 20.6. The Morgan fingerprint density at radius 3 is 2.24 bits per heavy atom. The van der Waals surface area contributed by atoms with Crippen LogP contribution in [-0.4, -0.2) is 37.9 Å². The summed E-state index contributed by atoms with van der Waals surface area (Å²) >= 11 is 0. The second-order valence-corrected chi connectivity index (χ2v) is 17.7. The molecule has 4 unspecified atom stereocenters. The van der Waals surface area contributed by atoms with Crippen LogP contribution in [0.5, 0.6) is 0 Å². The monoisotopic (exact) mass is 640 g/mol. The number of anilines is 1. The van der Waals surface area contributed by atoms with Crippen LogP contribution in [0, 0.1) is 56.7 Å². The van der Waals surface area contributed by atoms with Gasteiger partial charge in [-0.25, -0.2) is 4.79 Å². The van der Waals surface area contributed by atoms with Crippen LogP contribution in [0.15, 0.2) is 36.7 Å². The Kier molecular flexibility index (Phi) is 9.13. The third kappa shape index (κ3) is 5.11. The molecule has 0 aromatic carbocycles. The largest absolute Gasteiger partial charge is 1.00 e. The molecular weight excluding hydrogens is 580 g/mol. The molecule has 6 rings (SSSR count). The van der Waals surface area contributed by atoms with Crippen LogP contribution in [0.1, 0.15) is 106 Å². The number of aliphatic hydroxyl groups excluding tert-OH is 1. The highest BCUT2D eigenvalue weighted by molar-refractivity contribution is 5.68. The molecule has 1 N–H and O–H groups in total. The zero-order chi connectivity index (χ0) is 31.9. The first-order valence-electron chi connectivity index (χ1n) is 17.8. The number of esters is 1. The number of pyridine rings is 1. The second kappa shape index (κ2) is 11.8. The van der Waals surface area contributed by atoms with Gasteiger partial charge in [0.05, 0.1) is 0 Å². The van der Waals surface area contributed by atoms with Crippen molar-refractivity contribution in [1.29, 1.82) is 0 Å². The fourth-order valence-electron chi connectivity index (χ4n) is 12.9. The Bertz CT molecular complexity index is 1280. The minimum atomic E-state index is -0.124. The smallest absolute Gasteiger partial charge is 0.372 e. The molecule has 10 atom stereocenters. The summed E-state index contributed by atoms with van der Waals surface area (Å²) in [6.07, 6.45) is 15.9. The van der Waals surface area contributed by atoms with E-state index in [1.165, 1.54) is 56.9 Å². The van der Waals surface area contributed by atoms with Crippen LogP contribution >= 0.6 is 0 Å². The molecule has 5 aliphatic carbocycles. The summed E-state index contributed by atoms with van der Waals surface area (Å²) in [7, 11) is 4.05. The third-order valence-corrected chi connectivity index (χ3v) is 15.5. The molecule has 5 fully saturated rings. The molecule has 252 valence electrons. The fourth-order valence-corrected chi connectivity index (χ4v) is 12.9. The van der Waals surface area contributed by atoms with E-state index in [1.807, 2.05) is 43.2 Å². The quantitative estimate of drug-likeness (QED) is 0.281. The highest BCUT2D eigenvalue weighted by Crippen LogP contribution is 2.77. The predicted octanol–water partition coefficient (Wildman–Crippen LogP) is 4.61. The summed E-state index contributed by atoms with van der Waals surface area (Å²) < 4.78 is 8.28. The van der Waals surface area contributed by atoms with Crippen molar-refractivity contribution in [3.63, 3.8) is 0 Å². The number of halogens is 1. The minimum absolute atomic E-state index is 0. The van der Waals surface area contributed by atoms with Crippen molar-refractivity contribution in [1.82, 2.24) is 0 Å². The van der Waals surface area contributed by atoms with Crippen molar-refractivity contribution in [2.75, 3.05) is 25.6 Å². The number of hydrogen-bond donors (Lipinski definition) is 1. The van der Waals surface area contributed by atoms with Gasteiger partial charge in [0.2, 0.25) is 6.54 Å². The minimum Gasteiger partial charge on any atom is -1.00 e. The number of nitrogens with zero attached hydrogens (tertiary/aromatic N) is 2. The van der Waals surface area contributed by atoms with Crippen LogP contribution in [0.4, 0.5) is 5.69 Å². The summed E-state index contributed by atoms with van der Waals surface area (Å²) in [6.45, 7) is 20.1. The van der Waals surface area contributed by atoms with Crippen LogP contribution in [0.25, 0.3) is 0 Å². The summed E-state index contributed by atoms with van der Waals surface area (Å²) in [4.78, 5) is 15.3. The molecule has 5 saturated carbocycles. The van der Waals surface area contributed by atoms with Gasteiger partial charge >= 0.3 is 5.97 Å². The van der Waals surface area contributed by atoms with Crippen LogP contribution in [0.2, 0.25) is 0 Å². The van der Waals surface area contributed by atoms with Gasteiger partial charge in [-0.1, -0.05) is 46.8 Å². The van der Waals surface area contributed by atoms with Gasteiger partial charge in [0.25, 0.3) is 0 Å². The molecule has 0 bridgehead atoms. The zero-order valence-corrected chi connectivity index (χ0v) is 30.3. The molecule has 45 heavy (non-hydrogen) atoms. The molecule has 6 heteroatoms. The molecule has 0 amide bonds. The van der Waals surface area contributed by atoms with Gasteiger partial charge < -0.3 is 27.2 Å². The van der Waals surface area contributed by atoms with Crippen LogP contribution < -0.4 is 21.9 Å². The normalized spacial score (nSPS) is 43.0. The third-order valence-electron chi connectivity index (χ3n) is 15.5. The number of carbonyl (C=O) groups is 1. The maximum atomic E-state index is 13.2. The lowest BCUT2D eigenvalue weighted by atomic mass is 9.32. The molecule has 0 saturated heterocycles. The summed E-state index contributed by atoms with van der Waals surface area (Å²) in [5.74, 6) is 2.91. The van der Waals surface area contributed by atoms with Crippen LogP contribution in [0.3, 0.4) is 0 Å². The fraction of sp³-hybridized carbons (Fsp3) is 0.795. The Balaban J connectivity index is 0.00000400. The van der Waals surface area contributed by atoms with E-state index in [1.54, 1.807) is 0 Å². The molecule has 0 spiro atoms. The van der Waals surface area contributed by atoms with Gasteiger partial charge in [0.1, 0.15) is 6.10 Å². The van der Waals surface area contributed by atoms with Crippen molar-refractivity contribution in [3.8, 4) is 0 Å². The molecule has 0 aliphatic heterocycles. The summed E-state index contributed by atoms with van der Waals surface area (Å²) in [6, 6.07) is 4.08. The Morgan fingerprint density at radius 1 is 0.933 bits per heavy atom. The van der Waals surface area contributed by atoms with Crippen molar-refractivity contribution in [2.24, 2.45) is 56.7 Å². The average Bonchev–Trinajstić information content (AvgIpc) is 3.36. The molecule has 1 heterocycles. The van der Waals surface area contributed by atoms with Gasteiger partial charge in [0.15, 0.2) is 12.4 Å². The number of fused-ring (bicyclic) bond motifs is 7. The number of aliphatic hydroxyl groups is 1. The van der Waals surface area contributed by atoms with Gasteiger partial charge in [-0.15, -0.1) is 0 Å². The number of ether oxygens (including phenoxy) is 1. The Labute approximate surface area is 280 Å². The molecule has 1 aromatic heterocycles. The van der Waals surface area contributed by atoms with Crippen molar-refractivity contribution < 1.29 is 31.6 Å². The highest BCUT2D eigenvalue weighted by Gasteiger charge is 2.71. The molecule has 0 radical (unpaired) electrons. The van der Waals surface area contributed by atoms with Gasteiger partial charge in [-0.05, 0) is 122 Å². The summed E-state index contributed by atoms with van der Waals surface area (Å²) in [5, 5.41) is 10.8. The molecule has 5 nitrogen and oxygen atoms in total. The molecule has 1 aromatic rings. The highest BCUT2D eigenvalue weighted by atomic mass is 35.5. The first kappa shape index (κ1) is 34.7. The van der Waals surface area contributed by atoms with Gasteiger partial charge in [-0.2, -0.15) is 4.57 Å². The van der Waals surface area contributed by atoms with Crippen molar-refractivity contribution >= 4 is 11.7 Å². The topological polar surface area (TPSA) is 53.7 Å². The van der Waals surface area contributed by atoms with E-state index in [9.17, 15) is 9.90 Å². The van der Waals surface area contributed by atoms with E-state index in [4.69, 9.17) is 4.74 Å². The standard InChI is InChI=1S/C39H61N2O3.ClH/c1-26(2)28-12-19-39(25-42)21-20-37(6)29(34(28)39)10-11-31-36(5)17-14-32(35(3,4)30(36)13-18-38(31,37)7)44-33(43)24-41-22-15-27(16-23-41)40(8)9;/h15-16,22-23,28-32,34,42H,1,10-14,17-21,24-25H2,2-9H3;1H/q+1;/p-1/t28-,29?,30?,31?,32-,34?,36-,37+,38+,39+;/m0./s1. The second-order valence-electron chi connectivity index (χ2n) is 17.7. The lowest BCUT2D eigenvalue weighted by Crippen LogP contribution is -3.00. The van der Waals surface area contributed by atoms with E-state index in [0.717, 1.165) is 18.5 Å².